The van der Waals surface area contributed by atoms with Crippen LogP contribution in [0.5, 0.6) is 0 Å². The Morgan fingerprint density at radius 1 is 1.07 bits per heavy atom. The second-order valence-electron chi connectivity index (χ2n) is 10.1. The minimum absolute atomic E-state index is 0.00238. The summed E-state index contributed by atoms with van der Waals surface area (Å²) in [6.07, 6.45) is 2.15. The molecule has 4 aromatic rings. The molecule has 10 nitrogen and oxygen atoms in total. The van der Waals surface area contributed by atoms with Gasteiger partial charge in [0, 0.05) is 38.1 Å². The van der Waals surface area contributed by atoms with E-state index in [1.165, 1.54) is 24.1 Å². The molecule has 1 aliphatic rings. The van der Waals surface area contributed by atoms with Crippen molar-refractivity contribution in [3.63, 3.8) is 0 Å². The first-order valence-corrected chi connectivity index (χ1v) is 14.7. The van der Waals surface area contributed by atoms with Crippen LogP contribution in [0.4, 0.5) is 23.4 Å². The molecule has 4 heterocycles. The first-order chi connectivity index (χ1) is 20.2. The summed E-state index contributed by atoms with van der Waals surface area (Å²) in [4.78, 5) is 40.9. The summed E-state index contributed by atoms with van der Waals surface area (Å²) in [5.41, 5.74) is -3.08. The molecule has 0 unspecified atom stereocenters. The van der Waals surface area contributed by atoms with Crippen molar-refractivity contribution in [1.29, 1.82) is 0 Å². The van der Waals surface area contributed by atoms with Crippen LogP contribution in [0, 0.1) is 24.4 Å². The monoisotopic (exact) mass is 616 g/mol. The van der Waals surface area contributed by atoms with Gasteiger partial charge in [0.15, 0.2) is 27.1 Å². The topological polar surface area (TPSA) is 118 Å². The summed E-state index contributed by atoms with van der Waals surface area (Å²) in [6.45, 7) is 6.18. The van der Waals surface area contributed by atoms with E-state index in [2.05, 4.69) is 21.5 Å². The fourth-order valence-corrected chi connectivity index (χ4v) is 6.06. The van der Waals surface area contributed by atoms with E-state index in [4.69, 9.17) is 0 Å². The van der Waals surface area contributed by atoms with Gasteiger partial charge in [0.25, 0.3) is 5.91 Å². The van der Waals surface area contributed by atoms with Crippen LogP contribution in [0.15, 0.2) is 58.6 Å². The Labute approximate surface area is 242 Å². The van der Waals surface area contributed by atoms with Crippen LogP contribution in [0.1, 0.15) is 12.6 Å². The van der Waals surface area contributed by atoms with Crippen molar-refractivity contribution in [2.45, 2.75) is 24.8 Å². The van der Waals surface area contributed by atoms with E-state index in [0.717, 1.165) is 35.1 Å². The number of halogens is 4. The average molecular weight is 617 g/mol. The zero-order valence-electron chi connectivity index (χ0n) is 23.1. The van der Waals surface area contributed by atoms with Gasteiger partial charge in [-0.25, -0.2) is 40.3 Å². The number of pyridine rings is 2. The molecule has 0 radical (unpaired) electrons. The first kappa shape index (κ1) is 29.8. The largest absolute Gasteiger partial charge is 0.355 e. The van der Waals surface area contributed by atoms with E-state index >= 15 is 4.39 Å². The lowest BCUT2D eigenvalue weighted by Crippen LogP contribution is -2.54. The van der Waals surface area contributed by atoms with E-state index in [0.29, 0.717) is 0 Å². The lowest BCUT2D eigenvalue weighted by atomic mass is 10.1. The molecule has 224 valence electrons. The van der Waals surface area contributed by atoms with Gasteiger partial charge in [-0.15, -0.1) is 0 Å². The molecule has 3 aromatic heterocycles. The molecule has 0 N–H and O–H groups in total. The molecular formula is C28H24F4N6O4S. The summed E-state index contributed by atoms with van der Waals surface area (Å²) < 4.78 is 85.1. The maximum atomic E-state index is 15.7. The van der Waals surface area contributed by atoms with Crippen molar-refractivity contribution in [2.24, 2.45) is 0 Å². The number of rotatable bonds is 5. The number of benzene rings is 1. The van der Waals surface area contributed by atoms with Crippen molar-refractivity contribution < 1.29 is 30.8 Å². The number of carbonyl (C=O) groups is 1. The van der Waals surface area contributed by atoms with Crippen molar-refractivity contribution >= 4 is 32.6 Å². The van der Waals surface area contributed by atoms with Gasteiger partial charge in [-0.3, -0.25) is 9.78 Å². The highest BCUT2D eigenvalue weighted by Crippen LogP contribution is 2.34. The molecule has 0 bridgehead atoms. The third kappa shape index (κ3) is 5.24. The SMILES string of the molecule is C=C(F)C(=O)N1CCN(c2nc(=O)n(-c3c(S(C)(=O)=O)ccnc3C)c3nc(-c4c(F)cccc4F)c(F)cc23)[C@@H](C)C1. The van der Waals surface area contributed by atoms with Crippen LogP contribution in [-0.2, 0) is 14.6 Å². The summed E-state index contributed by atoms with van der Waals surface area (Å²) in [7, 11) is -3.97. The molecule has 1 aromatic carbocycles. The normalized spacial score (nSPS) is 15.7. The number of nitrogens with zero attached hydrogens (tertiary/aromatic N) is 6. The highest BCUT2D eigenvalue weighted by atomic mass is 32.2. The number of fused-ring (bicyclic) bond motifs is 1. The first-order valence-electron chi connectivity index (χ1n) is 12.8. The number of anilines is 1. The number of carbonyl (C=O) groups excluding carboxylic acids is 1. The molecule has 0 aliphatic carbocycles. The number of hydrogen-bond donors (Lipinski definition) is 0. The van der Waals surface area contributed by atoms with Crippen LogP contribution in [0.3, 0.4) is 0 Å². The molecule has 0 saturated carbocycles. The van der Waals surface area contributed by atoms with Gasteiger partial charge in [0.05, 0.1) is 27.2 Å². The third-order valence-corrected chi connectivity index (χ3v) is 8.24. The summed E-state index contributed by atoms with van der Waals surface area (Å²) in [5, 5.41) is -0.0955. The second-order valence-corrected chi connectivity index (χ2v) is 12.0. The smallest absolute Gasteiger partial charge is 0.350 e. The predicted molar refractivity (Wildman–Crippen MR) is 150 cm³/mol. The zero-order chi connectivity index (χ0) is 31.4. The van der Waals surface area contributed by atoms with Gasteiger partial charge in [0.1, 0.15) is 23.1 Å². The molecule has 1 amide bonds. The number of amides is 1. The molecule has 0 spiro atoms. The van der Waals surface area contributed by atoms with E-state index in [9.17, 15) is 31.2 Å². The lowest BCUT2D eigenvalue weighted by molar-refractivity contribution is -0.129. The van der Waals surface area contributed by atoms with Crippen molar-refractivity contribution in [2.75, 3.05) is 30.8 Å². The van der Waals surface area contributed by atoms with Gasteiger partial charge < -0.3 is 9.80 Å². The van der Waals surface area contributed by atoms with Gasteiger partial charge in [-0.05, 0) is 38.1 Å². The van der Waals surface area contributed by atoms with Crippen molar-refractivity contribution in [3.05, 3.63) is 82.6 Å². The Kier molecular flexibility index (Phi) is 7.54. The molecule has 15 heteroatoms. The number of aryl methyl sites for hydroxylation is 1. The summed E-state index contributed by atoms with van der Waals surface area (Å²) in [6, 6.07) is 4.42. The minimum atomic E-state index is -3.97. The van der Waals surface area contributed by atoms with Crippen LogP contribution in [-0.4, -0.2) is 70.7 Å². The average Bonchev–Trinajstić information content (AvgIpc) is 2.92. The molecule has 1 aliphatic heterocycles. The number of sulfone groups is 1. The van der Waals surface area contributed by atoms with Gasteiger partial charge in [0.2, 0.25) is 0 Å². The Morgan fingerprint density at radius 2 is 1.74 bits per heavy atom. The molecular weight excluding hydrogens is 592 g/mol. The quantitative estimate of drug-likeness (QED) is 0.247. The highest BCUT2D eigenvalue weighted by Gasteiger charge is 2.32. The van der Waals surface area contributed by atoms with Crippen LogP contribution < -0.4 is 10.6 Å². The molecule has 5 rings (SSSR count). The van der Waals surface area contributed by atoms with Crippen molar-refractivity contribution in [3.8, 4) is 16.9 Å². The van der Waals surface area contributed by atoms with Crippen LogP contribution in [0.2, 0.25) is 0 Å². The Hall–Kier alpha value is -4.66. The second kappa shape index (κ2) is 10.9. The highest BCUT2D eigenvalue weighted by molar-refractivity contribution is 7.90. The van der Waals surface area contributed by atoms with Gasteiger partial charge >= 0.3 is 5.69 Å². The Morgan fingerprint density at radius 3 is 2.35 bits per heavy atom. The number of aromatic nitrogens is 4. The lowest BCUT2D eigenvalue weighted by Gasteiger charge is -2.40. The van der Waals surface area contributed by atoms with Crippen LogP contribution in [0.25, 0.3) is 28.0 Å². The Balaban J connectivity index is 1.84. The van der Waals surface area contributed by atoms with Gasteiger partial charge in [-0.1, -0.05) is 12.6 Å². The van der Waals surface area contributed by atoms with Crippen molar-refractivity contribution in [1.82, 2.24) is 24.4 Å². The van der Waals surface area contributed by atoms with E-state index in [-0.39, 0.29) is 52.8 Å². The maximum Gasteiger partial charge on any atom is 0.355 e. The maximum absolute atomic E-state index is 15.7. The summed E-state index contributed by atoms with van der Waals surface area (Å²) >= 11 is 0. The molecule has 43 heavy (non-hydrogen) atoms. The fraction of sp³-hybridized carbons (Fsp3) is 0.250. The number of piperazine rings is 1. The third-order valence-electron chi connectivity index (χ3n) is 7.11. The number of hydrogen-bond acceptors (Lipinski definition) is 8. The molecule has 1 fully saturated rings. The Bertz CT molecular complexity index is 1980. The summed E-state index contributed by atoms with van der Waals surface area (Å²) in [5.74, 6) is -5.50. The van der Waals surface area contributed by atoms with E-state index < -0.39 is 62.0 Å². The van der Waals surface area contributed by atoms with Gasteiger partial charge in [-0.2, -0.15) is 4.98 Å². The van der Waals surface area contributed by atoms with E-state index in [1.807, 2.05) is 0 Å². The minimum Gasteiger partial charge on any atom is -0.350 e. The zero-order valence-corrected chi connectivity index (χ0v) is 23.9. The molecule has 1 atom stereocenters. The predicted octanol–water partition coefficient (Wildman–Crippen LogP) is 3.49. The van der Waals surface area contributed by atoms with E-state index in [1.54, 1.807) is 11.8 Å². The fourth-order valence-electron chi connectivity index (χ4n) is 5.16. The standard InChI is InChI=1S/C28H24F4N6O4S/c1-14-13-36(27(39)15(2)29)10-11-37(14)25-17-12-20(32)23(22-18(30)6-5-7-19(22)31)34-26(17)38(28(40)35-25)24-16(3)33-9-8-21(24)43(4,41)42/h5-9,12,14H,2,10-11,13H2,1,3-4H3/t14-/m0/s1. The molecule has 1 saturated heterocycles. The van der Waals surface area contributed by atoms with Crippen LogP contribution >= 0.6 is 0 Å².